The second-order valence-corrected chi connectivity index (χ2v) is 8.44. The van der Waals surface area contributed by atoms with Crippen molar-refractivity contribution in [3.8, 4) is 5.82 Å². The van der Waals surface area contributed by atoms with Crippen LogP contribution in [0, 0.1) is 13.8 Å². The average Bonchev–Trinajstić information content (AvgIpc) is 3.46. The van der Waals surface area contributed by atoms with Crippen LogP contribution in [0.25, 0.3) is 5.82 Å². The van der Waals surface area contributed by atoms with Crippen molar-refractivity contribution in [3.63, 3.8) is 0 Å². The van der Waals surface area contributed by atoms with Crippen molar-refractivity contribution in [1.29, 1.82) is 0 Å². The third-order valence-electron chi connectivity index (χ3n) is 5.91. The number of rotatable bonds is 6. The number of hydrogen-bond donors (Lipinski definition) is 2. The molecular formula is C25H33N7. The fourth-order valence-corrected chi connectivity index (χ4v) is 4.14. The summed E-state index contributed by atoms with van der Waals surface area (Å²) >= 11 is 0. The van der Waals surface area contributed by atoms with Crippen LogP contribution in [0.3, 0.4) is 0 Å². The van der Waals surface area contributed by atoms with Crippen LogP contribution < -0.4 is 15.5 Å². The van der Waals surface area contributed by atoms with Gasteiger partial charge in [0.25, 0.3) is 0 Å². The fourth-order valence-electron chi connectivity index (χ4n) is 4.14. The summed E-state index contributed by atoms with van der Waals surface area (Å²) in [5.41, 5.74) is 5.72. The number of pyridine rings is 1. The Labute approximate surface area is 190 Å². The highest BCUT2D eigenvalue weighted by atomic mass is 15.3. The second-order valence-electron chi connectivity index (χ2n) is 8.44. The third kappa shape index (κ3) is 5.10. The Morgan fingerprint density at radius 2 is 1.94 bits per heavy atom. The molecule has 0 aliphatic carbocycles. The highest BCUT2D eigenvalue weighted by Crippen LogP contribution is 2.24. The van der Waals surface area contributed by atoms with Crippen LogP contribution in [0.2, 0.25) is 0 Å². The Bertz CT molecular complexity index is 1060. The quantitative estimate of drug-likeness (QED) is 0.457. The van der Waals surface area contributed by atoms with Gasteiger partial charge in [-0.25, -0.2) is 9.67 Å². The lowest BCUT2D eigenvalue weighted by Gasteiger charge is -2.22. The van der Waals surface area contributed by atoms with Gasteiger partial charge in [-0.15, -0.1) is 0 Å². The molecule has 1 atom stereocenters. The van der Waals surface area contributed by atoms with Gasteiger partial charge in [0.2, 0.25) is 0 Å². The molecule has 32 heavy (non-hydrogen) atoms. The molecule has 0 saturated carbocycles. The van der Waals surface area contributed by atoms with Crippen LogP contribution in [0.15, 0.2) is 53.7 Å². The molecule has 0 spiro atoms. The van der Waals surface area contributed by atoms with Gasteiger partial charge in [-0.2, -0.15) is 5.10 Å². The van der Waals surface area contributed by atoms with E-state index in [1.807, 2.05) is 30.8 Å². The Hall–Kier alpha value is -3.35. The molecule has 1 unspecified atom stereocenters. The molecule has 0 radical (unpaired) electrons. The monoisotopic (exact) mass is 431 g/mol. The summed E-state index contributed by atoms with van der Waals surface area (Å²) in [4.78, 5) is 11.4. The van der Waals surface area contributed by atoms with E-state index < -0.39 is 0 Å². The normalized spacial score (nSPS) is 15.1. The molecule has 3 heterocycles. The molecule has 2 aromatic heterocycles. The molecule has 0 bridgehead atoms. The van der Waals surface area contributed by atoms with Crippen molar-refractivity contribution >= 4 is 11.6 Å². The highest BCUT2D eigenvalue weighted by Gasteiger charge is 2.14. The summed E-state index contributed by atoms with van der Waals surface area (Å²) in [5.74, 6) is 1.60. The third-order valence-corrected chi connectivity index (χ3v) is 5.91. The maximum absolute atomic E-state index is 4.58. The van der Waals surface area contributed by atoms with Crippen LogP contribution in [0.5, 0.6) is 0 Å². The Morgan fingerprint density at radius 3 is 2.59 bits per heavy atom. The first-order valence-corrected chi connectivity index (χ1v) is 11.3. The molecule has 3 aromatic rings. The average molecular weight is 432 g/mol. The van der Waals surface area contributed by atoms with Crippen LogP contribution in [0.1, 0.15) is 48.3 Å². The number of aromatic nitrogens is 3. The lowest BCUT2D eigenvalue weighted by molar-refractivity contribution is 0.684. The molecule has 1 aromatic carbocycles. The zero-order valence-electron chi connectivity index (χ0n) is 19.5. The number of benzene rings is 1. The Kier molecular flexibility index (Phi) is 6.73. The first-order chi connectivity index (χ1) is 15.5. The summed E-state index contributed by atoms with van der Waals surface area (Å²) < 4.78 is 1.87. The van der Waals surface area contributed by atoms with Gasteiger partial charge in [0.05, 0.1) is 11.7 Å². The summed E-state index contributed by atoms with van der Waals surface area (Å²) in [6.07, 6.45) is 4.45. The predicted octanol–water partition coefficient (Wildman–Crippen LogP) is 3.91. The smallest absolute Gasteiger partial charge is 0.191 e. The standard InChI is InChI=1S/C25H33N7/c1-18-14-19(2)32(30-18)24-11-10-21(16-27-24)17-28-25(26-4)29-20(3)22-8-7-9-23(15-22)31-12-5-6-13-31/h7-11,14-16,20H,5-6,12-13,17H2,1-4H3,(H2,26,28,29). The van der Waals surface area contributed by atoms with E-state index >= 15 is 0 Å². The minimum atomic E-state index is 0.148. The van der Waals surface area contributed by atoms with E-state index in [0.29, 0.717) is 6.54 Å². The molecule has 2 N–H and O–H groups in total. The number of guanidine groups is 1. The van der Waals surface area contributed by atoms with Gasteiger partial charge in [-0.05, 0) is 69.0 Å². The van der Waals surface area contributed by atoms with Crippen molar-refractivity contribution in [2.24, 2.45) is 4.99 Å². The van der Waals surface area contributed by atoms with Gasteiger partial charge in [0.15, 0.2) is 11.8 Å². The lowest BCUT2D eigenvalue weighted by Crippen LogP contribution is -2.38. The number of nitrogens with one attached hydrogen (secondary N) is 2. The molecule has 7 heteroatoms. The molecule has 4 rings (SSSR count). The Balaban J connectivity index is 1.35. The maximum Gasteiger partial charge on any atom is 0.191 e. The van der Waals surface area contributed by atoms with E-state index in [4.69, 9.17) is 0 Å². The fraction of sp³-hybridized carbons (Fsp3) is 0.400. The highest BCUT2D eigenvalue weighted by molar-refractivity contribution is 5.80. The molecule has 168 valence electrons. The van der Waals surface area contributed by atoms with Crippen molar-refractivity contribution in [2.75, 3.05) is 25.0 Å². The Morgan fingerprint density at radius 1 is 1.12 bits per heavy atom. The van der Waals surface area contributed by atoms with Gasteiger partial charge in [0.1, 0.15) is 0 Å². The summed E-state index contributed by atoms with van der Waals surface area (Å²) in [6, 6.07) is 15.1. The largest absolute Gasteiger partial charge is 0.372 e. The minimum absolute atomic E-state index is 0.148. The van der Waals surface area contributed by atoms with Crippen molar-refractivity contribution in [1.82, 2.24) is 25.4 Å². The van der Waals surface area contributed by atoms with Gasteiger partial charge in [-0.3, -0.25) is 4.99 Å². The lowest BCUT2D eigenvalue weighted by atomic mass is 10.1. The summed E-state index contributed by atoms with van der Waals surface area (Å²) in [5, 5.41) is 11.4. The number of hydrogen-bond acceptors (Lipinski definition) is 4. The molecule has 1 aliphatic rings. The van der Waals surface area contributed by atoms with Crippen LogP contribution in [-0.4, -0.2) is 40.9 Å². The maximum atomic E-state index is 4.58. The summed E-state index contributed by atoms with van der Waals surface area (Å²) in [7, 11) is 1.80. The number of nitrogens with zero attached hydrogens (tertiary/aromatic N) is 5. The molecule has 0 amide bonds. The molecule has 7 nitrogen and oxygen atoms in total. The number of anilines is 1. The van der Waals surface area contributed by atoms with Crippen LogP contribution in [0.4, 0.5) is 5.69 Å². The van der Waals surface area contributed by atoms with E-state index in [-0.39, 0.29) is 6.04 Å². The minimum Gasteiger partial charge on any atom is -0.372 e. The summed E-state index contributed by atoms with van der Waals surface area (Å²) in [6.45, 7) is 9.14. The van der Waals surface area contributed by atoms with E-state index in [1.165, 1.54) is 24.1 Å². The van der Waals surface area contributed by atoms with Crippen LogP contribution >= 0.6 is 0 Å². The topological polar surface area (TPSA) is 70.4 Å². The van der Waals surface area contributed by atoms with Crippen molar-refractivity contribution < 1.29 is 0 Å². The SMILES string of the molecule is CN=C(NCc1ccc(-n2nc(C)cc2C)nc1)NC(C)c1cccc(N2CCCC2)c1. The van der Waals surface area contributed by atoms with Crippen molar-refractivity contribution in [3.05, 3.63) is 71.2 Å². The zero-order valence-corrected chi connectivity index (χ0v) is 19.5. The van der Waals surface area contributed by atoms with E-state index in [0.717, 1.165) is 41.8 Å². The molecular weight excluding hydrogens is 398 g/mol. The predicted molar refractivity (Wildman–Crippen MR) is 130 cm³/mol. The number of aliphatic imine (C=N–C) groups is 1. The first kappa shape index (κ1) is 21.9. The van der Waals surface area contributed by atoms with Gasteiger partial charge in [-0.1, -0.05) is 18.2 Å². The van der Waals surface area contributed by atoms with E-state index in [9.17, 15) is 0 Å². The van der Waals surface area contributed by atoms with Gasteiger partial charge < -0.3 is 15.5 Å². The zero-order chi connectivity index (χ0) is 22.5. The van der Waals surface area contributed by atoms with Gasteiger partial charge in [0, 0.05) is 44.3 Å². The molecule has 1 aliphatic heterocycles. The first-order valence-electron chi connectivity index (χ1n) is 11.3. The van der Waals surface area contributed by atoms with E-state index in [1.54, 1.807) is 7.05 Å². The van der Waals surface area contributed by atoms with Gasteiger partial charge >= 0.3 is 0 Å². The van der Waals surface area contributed by atoms with Crippen molar-refractivity contribution in [2.45, 2.75) is 46.2 Å². The second kappa shape index (κ2) is 9.85. The van der Waals surface area contributed by atoms with Crippen LogP contribution in [-0.2, 0) is 6.54 Å². The van der Waals surface area contributed by atoms with E-state index in [2.05, 4.69) is 73.9 Å². The number of aryl methyl sites for hydroxylation is 2. The molecule has 1 saturated heterocycles. The molecule has 1 fully saturated rings.